The fourth-order valence-corrected chi connectivity index (χ4v) is 1.93. The number of hydrogen-bond acceptors (Lipinski definition) is 2. The summed E-state index contributed by atoms with van der Waals surface area (Å²) in [6.45, 7) is 8.53. The Morgan fingerprint density at radius 3 is 1.85 bits per heavy atom. The van der Waals surface area contributed by atoms with Crippen molar-refractivity contribution in [2.45, 2.75) is 58.4 Å². The van der Waals surface area contributed by atoms with Crippen molar-refractivity contribution in [2.24, 2.45) is 5.73 Å². The van der Waals surface area contributed by atoms with Gasteiger partial charge in [0.2, 0.25) is 0 Å². The zero-order chi connectivity index (χ0) is 10.2. The van der Waals surface area contributed by atoms with Gasteiger partial charge in [0.1, 0.15) is 0 Å². The summed E-state index contributed by atoms with van der Waals surface area (Å²) in [6.07, 6.45) is 6.03. The summed E-state index contributed by atoms with van der Waals surface area (Å²) in [7, 11) is 0. The van der Waals surface area contributed by atoms with Crippen molar-refractivity contribution in [2.75, 3.05) is 13.1 Å². The minimum atomic E-state index is 0.222. The van der Waals surface area contributed by atoms with Crippen LogP contribution in [-0.2, 0) is 0 Å². The molecule has 0 unspecified atom stereocenters. The predicted molar refractivity (Wildman–Crippen MR) is 59.9 cm³/mol. The standard InChI is InChI=1S/C11H26N2/c1-4-7-11(10-12,8-5-2)13-9-6-3/h13H,4-10,12H2,1-3H3. The maximum Gasteiger partial charge on any atom is 0.0303 e. The second-order valence-corrected chi connectivity index (χ2v) is 3.91. The molecular weight excluding hydrogens is 160 g/mol. The smallest absolute Gasteiger partial charge is 0.0303 e. The van der Waals surface area contributed by atoms with Gasteiger partial charge in [-0.25, -0.2) is 0 Å². The lowest BCUT2D eigenvalue weighted by Crippen LogP contribution is -2.51. The van der Waals surface area contributed by atoms with Crippen LogP contribution in [0.2, 0.25) is 0 Å². The highest BCUT2D eigenvalue weighted by Crippen LogP contribution is 2.18. The first kappa shape index (κ1) is 12.9. The van der Waals surface area contributed by atoms with Crippen LogP contribution in [0.15, 0.2) is 0 Å². The van der Waals surface area contributed by atoms with Crippen LogP contribution in [0, 0.1) is 0 Å². The van der Waals surface area contributed by atoms with E-state index >= 15 is 0 Å². The topological polar surface area (TPSA) is 38.0 Å². The van der Waals surface area contributed by atoms with Gasteiger partial charge in [0.25, 0.3) is 0 Å². The number of nitrogens with one attached hydrogen (secondary N) is 1. The van der Waals surface area contributed by atoms with Crippen LogP contribution in [0.1, 0.15) is 52.9 Å². The molecule has 0 amide bonds. The second kappa shape index (κ2) is 7.34. The first-order valence-corrected chi connectivity index (χ1v) is 5.69. The minimum Gasteiger partial charge on any atom is -0.329 e. The van der Waals surface area contributed by atoms with Crippen molar-refractivity contribution in [3.05, 3.63) is 0 Å². The Bertz CT molecular complexity index is 107. The molecule has 2 nitrogen and oxygen atoms in total. The molecule has 0 aromatic rings. The van der Waals surface area contributed by atoms with Gasteiger partial charge in [-0.15, -0.1) is 0 Å². The summed E-state index contributed by atoms with van der Waals surface area (Å²) in [5.41, 5.74) is 6.08. The highest BCUT2D eigenvalue weighted by molar-refractivity contribution is 4.88. The van der Waals surface area contributed by atoms with E-state index in [4.69, 9.17) is 5.73 Å². The fourth-order valence-electron chi connectivity index (χ4n) is 1.93. The molecule has 0 aliphatic rings. The van der Waals surface area contributed by atoms with Gasteiger partial charge in [-0.1, -0.05) is 33.6 Å². The first-order chi connectivity index (χ1) is 6.24. The van der Waals surface area contributed by atoms with E-state index in [-0.39, 0.29) is 5.54 Å². The molecule has 0 aliphatic carbocycles. The summed E-state index contributed by atoms with van der Waals surface area (Å²) in [4.78, 5) is 0. The molecule has 0 spiro atoms. The number of nitrogens with two attached hydrogens (primary N) is 1. The van der Waals surface area contributed by atoms with Crippen LogP contribution in [0.5, 0.6) is 0 Å². The Hall–Kier alpha value is -0.0800. The summed E-state index contributed by atoms with van der Waals surface area (Å²) in [5, 5.41) is 3.61. The zero-order valence-corrected chi connectivity index (χ0v) is 9.53. The third-order valence-corrected chi connectivity index (χ3v) is 2.60. The highest BCUT2D eigenvalue weighted by Gasteiger charge is 2.24. The molecular formula is C11H26N2. The van der Waals surface area contributed by atoms with Gasteiger partial charge in [-0.2, -0.15) is 0 Å². The summed E-state index contributed by atoms with van der Waals surface area (Å²) in [5.74, 6) is 0. The molecule has 3 N–H and O–H groups in total. The Morgan fingerprint density at radius 2 is 1.54 bits per heavy atom. The lowest BCUT2D eigenvalue weighted by atomic mass is 9.88. The van der Waals surface area contributed by atoms with E-state index in [9.17, 15) is 0 Å². The van der Waals surface area contributed by atoms with E-state index in [1.54, 1.807) is 0 Å². The minimum absolute atomic E-state index is 0.222. The number of hydrogen-bond donors (Lipinski definition) is 2. The Balaban J connectivity index is 4.07. The molecule has 0 aliphatic heterocycles. The Labute approximate surface area is 83.3 Å². The van der Waals surface area contributed by atoms with Crippen LogP contribution in [0.25, 0.3) is 0 Å². The molecule has 0 fully saturated rings. The molecule has 0 aromatic heterocycles. The van der Waals surface area contributed by atoms with Gasteiger partial charge in [0.15, 0.2) is 0 Å². The van der Waals surface area contributed by atoms with E-state index in [0.717, 1.165) is 13.1 Å². The van der Waals surface area contributed by atoms with E-state index in [0.29, 0.717) is 0 Å². The molecule has 0 heterocycles. The van der Waals surface area contributed by atoms with Gasteiger partial charge >= 0.3 is 0 Å². The van der Waals surface area contributed by atoms with Gasteiger partial charge in [0, 0.05) is 12.1 Å². The van der Waals surface area contributed by atoms with Crippen LogP contribution >= 0.6 is 0 Å². The van der Waals surface area contributed by atoms with Crippen molar-refractivity contribution >= 4 is 0 Å². The Morgan fingerprint density at radius 1 is 1.00 bits per heavy atom. The third kappa shape index (κ3) is 4.63. The molecule has 0 saturated heterocycles. The van der Waals surface area contributed by atoms with Crippen molar-refractivity contribution < 1.29 is 0 Å². The lowest BCUT2D eigenvalue weighted by Gasteiger charge is -2.33. The van der Waals surface area contributed by atoms with Crippen LogP contribution < -0.4 is 11.1 Å². The summed E-state index contributed by atoms with van der Waals surface area (Å²) >= 11 is 0. The molecule has 80 valence electrons. The quantitative estimate of drug-likeness (QED) is 0.610. The van der Waals surface area contributed by atoms with Gasteiger partial charge in [-0.3, -0.25) is 0 Å². The van der Waals surface area contributed by atoms with Crippen molar-refractivity contribution in [3.63, 3.8) is 0 Å². The van der Waals surface area contributed by atoms with Crippen molar-refractivity contribution in [1.82, 2.24) is 5.32 Å². The van der Waals surface area contributed by atoms with Crippen LogP contribution in [-0.4, -0.2) is 18.6 Å². The summed E-state index contributed by atoms with van der Waals surface area (Å²) in [6, 6.07) is 0. The highest BCUT2D eigenvalue weighted by atomic mass is 15.0. The molecule has 2 heteroatoms. The normalized spacial score (nSPS) is 12.0. The first-order valence-electron chi connectivity index (χ1n) is 5.69. The van der Waals surface area contributed by atoms with Gasteiger partial charge in [-0.05, 0) is 25.8 Å². The van der Waals surface area contributed by atoms with Crippen molar-refractivity contribution in [3.8, 4) is 0 Å². The maximum absolute atomic E-state index is 5.86. The molecule has 0 radical (unpaired) electrons. The van der Waals surface area contributed by atoms with Crippen LogP contribution in [0.3, 0.4) is 0 Å². The molecule has 0 rings (SSSR count). The number of rotatable bonds is 8. The van der Waals surface area contributed by atoms with E-state index in [1.165, 1.54) is 32.1 Å². The monoisotopic (exact) mass is 186 g/mol. The second-order valence-electron chi connectivity index (χ2n) is 3.91. The lowest BCUT2D eigenvalue weighted by molar-refractivity contribution is 0.284. The van der Waals surface area contributed by atoms with Gasteiger partial charge in [0.05, 0.1) is 0 Å². The van der Waals surface area contributed by atoms with E-state index < -0.39 is 0 Å². The van der Waals surface area contributed by atoms with E-state index in [2.05, 4.69) is 26.1 Å². The molecule has 13 heavy (non-hydrogen) atoms. The Kier molecular flexibility index (Phi) is 7.29. The average molecular weight is 186 g/mol. The fraction of sp³-hybridized carbons (Fsp3) is 1.00. The molecule has 0 bridgehead atoms. The predicted octanol–water partition coefficient (Wildman–Crippen LogP) is 2.28. The summed E-state index contributed by atoms with van der Waals surface area (Å²) < 4.78 is 0. The van der Waals surface area contributed by atoms with Crippen LogP contribution in [0.4, 0.5) is 0 Å². The third-order valence-electron chi connectivity index (χ3n) is 2.60. The van der Waals surface area contributed by atoms with E-state index in [1.807, 2.05) is 0 Å². The maximum atomic E-state index is 5.86. The molecule has 0 aromatic carbocycles. The average Bonchev–Trinajstić information content (AvgIpc) is 2.15. The molecule has 0 atom stereocenters. The SMILES string of the molecule is CCCNC(CN)(CCC)CCC. The molecule has 0 saturated carbocycles. The van der Waals surface area contributed by atoms with Crippen molar-refractivity contribution in [1.29, 1.82) is 0 Å². The van der Waals surface area contributed by atoms with Gasteiger partial charge < -0.3 is 11.1 Å². The largest absolute Gasteiger partial charge is 0.329 e. The zero-order valence-electron chi connectivity index (χ0n) is 9.53.